The van der Waals surface area contributed by atoms with Gasteiger partial charge in [0.15, 0.2) is 0 Å². The summed E-state index contributed by atoms with van der Waals surface area (Å²) in [4.78, 5) is 11.5. The maximum absolute atomic E-state index is 11.5. The summed E-state index contributed by atoms with van der Waals surface area (Å²) in [6.45, 7) is 4.44. The van der Waals surface area contributed by atoms with Gasteiger partial charge in [0.25, 0.3) is 0 Å². The lowest BCUT2D eigenvalue weighted by Gasteiger charge is -2.04. The van der Waals surface area contributed by atoms with Crippen molar-refractivity contribution in [3.05, 3.63) is 41.5 Å². The highest BCUT2D eigenvalue weighted by atomic mass is 16.1. The van der Waals surface area contributed by atoms with Crippen LogP contribution in [0.5, 0.6) is 0 Å². The first-order valence-corrected chi connectivity index (χ1v) is 6.71. The Hall–Kier alpha value is -1.57. The molecular formula is C16H21NO. The SMILES string of the molecule is CC(C)Cc1ccc(C=CC(=O)NC2CC2)cc1. The second kappa shape index (κ2) is 5.85. The molecule has 1 saturated carbocycles. The molecule has 0 aliphatic heterocycles. The third-order valence-electron chi connectivity index (χ3n) is 2.97. The second-order valence-corrected chi connectivity index (χ2v) is 5.46. The highest BCUT2D eigenvalue weighted by Gasteiger charge is 2.21. The molecule has 0 saturated heterocycles. The summed E-state index contributed by atoms with van der Waals surface area (Å²) in [7, 11) is 0. The molecule has 0 spiro atoms. The van der Waals surface area contributed by atoms with E-state index in [4.69, 9.17) is 0 Å². The van der Waals surface area contributed by atoms with Crippen molar-refractivity contribution in [2.75, 3.05) is 0 Å². The fourth-order valence-electron chi connectivity index (χ4n) is 1.89. The number of benzene rings is 1. The van der Waals surface area contributed by atoms with Gasteiger partial charge in [0.2, 0.25) is 5.91 Å². The van der Waals surface area contributed by atoms with E-state index in [2.05, 4.69) is 43.4 Å². The molecule has 1 amide bonds. The first-order valence-electron chi connectivity index (χ1n) is 6.71. The number of amides is 1. The van der Waals surface area contributed by atoms with Crippen molar-refractivity contribution in [3.8, 4) is 0 Å². The van der Waals surface area contributed by atoms with Crippen LogP contribution in [0.15, 0.2) is 30.3 Å². The molecule has 0 heterocycles. The summed E-state index contributed by atoms with van der Waals surface area (Å²) in [6.07, 6.45) is 6.85. The molecule has 1 aliphatic carbocycles. The highest BCUT2D eigenvalue weighted by molar-refractivity contribution is 5.92. The topological polar surface area (TPSA) is 29.1 Å². The standard InChI is InChI=1S/C16H21NO/c1-12(2)11-14-5-3-13(4-6-14)7-10-16(18)17-15-8-9-15/h3-7,10,12,15H,8-9,11H2,1-2H3,(H,17,18). The van der Waals surface area contributed by atoms with Crippen LogP contribution in [0, 0.1) is 5.92 Å². The van der Waals surface area contributed by atoms with Crippen molar-refractivity contribution in [2.45, 2.75) is 39.2 Å². The number of rotatable bonds is 5. The molecule has 2 heteroatoms. The maximum Gasteiger partial charge on any atom is 0.244 e. The first kappa shape index (κ1) is 12.9. The van der Waals surface area contributed by atoms with Crippen molar-refractivity contribution in [2.24, 2.45) is 5.92 Å². The van der Waals surface area contributed by atoms with Crippen LogP contribution in [0.2, 0.25) is 0 Å². The van der Waals surface area contributed by atoms with E-state index < -0.39 is 0 Å². The zero-order valence-corrected chi connectivity index (χ0v) is 11.1. The van der Waals surface area contributed by atoms with Crippen LogP contribution in [0.1, 0.15) is 37.8 Å². The summed E-state index contributed by atoms with van der Waals surface area (Å²) in [5.41, 5.74) is 2.43. The van der Waals surface area contributed by atoms with Gasteiger partial charge in [-0.1, -0.05) is 38.1 Å². The minimum atomic E-state index is 0.0174. The fraction of sp³-hybridized carbons (Fsp3) is 0.438. The van der Waals surface area contributed by atoms with Crippen molar-refractivity contribution < 1.29 is 4.79 Å². The van der Waals surface area contributed by atoms with Crippen LogP contribution < -0.4 is 5.32 Å². The molecule has 0 atom stereocenters. The molecular weight excluding hydrogens is 222 g/mol. The Labute approximate surface area is 109 Å². The normalized spacial score (nSPS) is 15.3. The van der Waals surface area contributed by atoms with E-state index in [1.54, 1.807) is 6.08 Å². The molecule has 1 aromatic carbocycles. The number of carbonyl (C=O) groups excluding carboxylic acids is 1. The third kappa shape index (κ3) is 4.36. The van der Waals surface area contributed by atoms with Crippen molar-refractivity contribution >= 4 is 12.0 Å². The number of hydrogen-bond donors (Lipinski definition) is 1. The predicted octanol–water partition coefficient (Wildman–Crippen LogP) is 3.18. The molecule has 0 bridgehead atoms. The molecule has 2 nitrogen and oxygen atoms in total. The largest absolute Gasteiger partial charge is 0.350 e. The number of nitrogens with one attached hydrogen (secondary N) is 1. The van der Waals surface area contributed by atoms with Gasteiger partial charge in [-0.2, -0.15) is 0 Å². The third-order valence-corrected chi connectivity index (χ3v) is 2.97. The summed E-state index contributed by atoms with van der Waals surface area (Å²) in [6, 6.07) is 8.84. The van der Waals surface area contributed by atoms with Gasteiger partial charge in [-0.3, -0.25) is 4.79 Å². The Morgan fingerprint density at radius 2 is 2.00 bits per heavy atom. The highest BCUT2D eigenvalue weighted by Crippen LogP contribution is 2.18. The van der Waals surface area contributed by atoms with Crippen LogP contribution in [0.25, 0.3) is 6.08 Å². The van der Waals surface area contributed by atoms with Gasteiger partial charge in [-0.05, 0) is 42.4 Å². The lowest BCUT2D eigenvalue weighted by Crippen LogP contribution is -2.22. The van der Waals surface area contributed by atoms with Gasteiger partial charge in [0, 0.05) is 12.1 Å². The van der Waals surface area contributed by atoms with E-state index >= 15 is 0 Å². The second-order valence-electron chi connectivity index (χ2n) is 5.46. The average molecular weight is 243 g/mol. The predicted molar refractivity (Wildman–Crippen MR) is 75.2 cm³/mol. The van der Waals surface area contributed by atoms with Gasteiger partial charge >= 0.3 is 0 Å². The van der Waals surface area contributed by atoms with Crippen molar-refractivity contribution in [1.82, 2.24) is 5.32 Å². The fourth-order valence-corrected chi connectivity index (χ4v) is 1.89. The van der Waals surface area contributed by atoms with Gasteiger partial charge in [0.05, 0.1) is 0 Å². The molecule has 1 fully saturated rings. The van der Waals surface area contributed by atoms with Gasteiger partial charge in [-0.25, -0.2) is 0 Å². The zero-order chi connectivity index (χ0) is 13.0. The smallest absolute Gasteiger partial charge is 0.244 e. The molecule has 0 radical (unpaired) electrons. The van der Waals surface area contributed by atoms with E-state index in [0.717, 1.165) is 24.8 Å². The molecule has 1 N–H and O–H groups in total. The molecule has 96 valence electrons. The Balaban J connectivity index is 1.88. The number of hydrogen-bond acceptors (Lipinski definition) is 1. The molecule has 0 unspecified atom stereocenters. The van der Waals surface area contributed by atoms with Gasteiger partial charge in [0.1, 0.15) is 0 Å². The minimum absolute atomic E-state index is 0.0174. The summed E-state index contributed by atoms with van der Waals surface area (Å²) in [5.74, 6) is 0.694. The maximum atomic E-state index is 11.5. The lowest BCUT2D eigenvalue weighted by molar-refractivity contribution is -0.116. The Morgan fingerprint density at radius 3 is 2.56 bits per heavy atom. The Kier molecular flexibility index (Phi) is 4.19. The Bertz CT molecular complexity index is 427. The number of carbonyl (C=O) groups is 1. The van der Waals surface area contributed by atoms with E-state index in [0.29, 0.717) is 12.0 Å². The minimum Gasteiger partial charge on any atom is -0.350 e. The summed E-state index contributed by atoms with van der Waals surface area (Å²) < 4.78 is 0. The molecule has 1 aliphatic rings. The van der Waals surface area contributed by atoms with Crippen LogP contribution >= 0.6 is 0 Å². The monoisotopic (exact) mass is 243 g/mol. The van der Waals surface area contributed by atoms with Gasteiger partial charge in [-0.15, -0.1) is 0 Å². The van der Waals surface area contributed by atoms with E-state index in [1.807, 2.05) is 6.08 Å². The van der Waals surface area contributed by atoms with Crippen LogP contribution in [-0.4, -0.2) is 11.9 Å². The Morgan fingerprint density at radius 1 is 1.33 bits per heavy atom. The zero-order valence-electron chi connectivity index (χ0n) is 11.1. The van der Waals surface area contributed by atoms with E-state index in [-0.39, 0.29) is 5.91 Å². The van der Waals surface area contributed by atoms with Gasteiger partial charge < -0.3 is 5.32 Å². The lowest BCUT2D eigenvalue weighted by atomic mass is 10.0. The van der Waals surface area contributed by atoms with Crippen LogP contribution in [-0.2, 0) is 11.2 Å². The average Bonchev–Trinajstić information content (AvgIpc) is 3.11. The van der Waals surface area contributed by atoms with Crippen LogP contribution in [0.3, 0.4) is 0 Å². The van der Waals surface area contributed by atoms with Crippen molar-refractivity contribution in [1.29, 1.82) is 0 Å². The molecule has 0 aromatic heterocycles. The quantitative estimate of drug-likeness (QED) is 0.791. The van der Waals surface area contributed by atoms with E-state index in [1.165, 1.54) is 5.56 Å². The first-order chi connectivity index (χ1) is 8.63. The van der Waals surface area contributed by atoms with E-state index in [9.17, 15) is 4.79 Å². The van der Waals surface area contributed by atoms with Crippen molar-refractivity contribution in [3.63, 3.8) is 0 Å². The summed E-state index contributed by atoms with van der Waals surface area (Å²) >= 11 is 0. The molecule has 2 rings (SSSR count). The molecule has 18 heavy (non-hydrogen) atoms. The molecule has 1 aromatic rings. The summed E-state index contributed by atoms with van der Waals surface area (Å²) in [5, 5.41) is 2.94. The van der Waals surface area contributed by atoms with Crippen LogP contribution in [0.4, 0.5) is 0 Å².